The number of carbonyl (C=O) groups excluding carboxylic acids is 2. The van der Waals surface area contributed by atoms with E-state index in [9.17, 15) is 14.4 Å². The van der Waals surface area contributed by atoms with Crippen LogP contribution >= 0.6 is 11.3 Å². The first-order chi connectivity index (χ1) is 16.5. The average molecular weight is 490 g/mol. The summed E-state index contributed by atoms with van der Waals surface area (Å²) in [4.78, 5) is 44.0. The van der Waals surface area contributed by atoms with Crippen molar-refractivity contribution in [1.29, 1.82) is 0 Å². The van der Waals surface area contributed by atoms with Gasteiger partial charge >= 0.3 is 5.97 Å². The molecule has 2 aromatic rings. The third kappa shape index (κ3) is 5.34. The molecule has 0 aromatic carbocycles. The van der Waals surface area contributed by atoms with Crippen molar-refractivity contribution in [2.45, 2.75) is 32.4 Å². The Morgan fingerprint density at radius 1 is 1.18 bits per heavy atom. The maximum Gasteiger partial charge on any atom is 0.343 e. The Hall–Kier alpha value is -2.69. The van der Waals surface area contributed by atoms with E-state index in [0.29, 0.717) is 58.0 Å². The van der Waals surface area contributed by atoms with Crippen LogP contribution in [0, 0.1) is 0 Å². The van der Waals surface area contributed by atoms with Gasteiger partial charge in [-0.05, 0) is 18.4 Å². The molecule has 2 aliphatic heterocycles. The second-order valence-electron chi connectivity index (χ2n) is 8.39. The Morgan fingerprint density at radius 3 is 2.68 bits per heavy atom. The number of amides is 1. The number of esters is 1. The van der Waals surface area contributed by atoms with Crippen molar-refractivity contribution < 1.29 is 23.8 Å². The average Bonchev–Trinajstić information content (AvgIpc) is 3.28. The number of rotatable bonds is 7. The van der Waals surface area contributed by atoms with E-state index in [1.165, 1.54) is 13.2 Å². The molecule has 10 heteroatoms. The molecule has 0 unspecified atom stereocenters. The predicted molar refractivity (Wildman–Crippen MR) is 128 cm³/mol. The van der Waals surface area contributed by atoms with Gasteiger partial charge in [-0.1, -0.05) is 6.07 Å². The van der Waals surface area contributed by atoms with Gasteiger partial charge in [0.25, 0.3) is 5.56 Å². The number of pyridine rings is 1. The number of methoxy groups -OCH3 is 1. The van der Waals surface area contributed by atoms with Gasteiger partial charge in [-0.2, -0.15) is 0 Å². The molecule has 1 saturated heterocycles. The quantitative estimate of drug-likeness (QED) is 0.544. The van der Waals surface area contributed by atoms with Crippen LogP contribution in [0.15, 0.2) is 28.4 Å². The summed E-state index contributed by atoms with van der Waals surface area (Å²) < 4.78 is 17.9. The van der Waals surface area contributed by atoms with Crippen molar-refractivity contribution in [1.82, 2.24) is 14.4 Å². The Kier molecular flexibility index (Phi) is 8.02. The molecule has 9 nitrogen and oxygen atoms in total. The molecular weight excluding hydrogens is 458 g/mol. The third-order valence-electron chi connectivity index (χ3n) is 6.43. The number of thiophene rings is 1. The van der Waals surface area contributed by atoms with Gasteiger partial charge in [0.1, 0.15) is 11.3 Å². The standard InChI is InChI=1S/C24H31N3O6S/c1-17(25-10-13-32-14-11-25)23(29)26-7-5-19-22(24(30)31-2)20(16-21(28)27(19)9-8-26)33-12-6-18-4-3-15-34-18/h3-4,15-17H,5-14H2,1-2H3/t17-/m0/s1. The molecule has 1 fully saturated rings. The van der Waals surface area contributed by atoms with Crippen LogP contribution < -0.4 is 10.3 Å². The third-order valence-corrected chi connectivity index (χ3v) is 7.37. The summed E-state index contributed by atoms with van der Waals surface area (Å²) in [5.74, 6) is -0.285. The van der Waals surface area contributed by atoms with Crippen LogP contribution in [-0.4, -0.2) is 85.4 Å². The highest BCUT2D eigenvalue weighted by atomic mass is 32.1. The minimum Gasteiger partial charge on any atom is -0.492 e. The van der Waals surface area contributed by atoms with Crippen LogP contribution in [0.1, 0.15) is 27.9 Å². The fourth-order valence-corrected chi connectivity index (χ4v) is 5.20. The zero-order chi connectivity index (χ0) is 24.1. The van der Waals surface area contributed by atoms with Gasteiger partial charge in [-0.25, -0.2) is 4.79 Å². The highest BCUT2D eigenvalue weighted by Crippen LogP contribution is 2.25. The van der Waals surface area contributed by atoms with Gasteiger partial charge in [-0.3, -0.25) is 14.5 Å². The molecule has 0 spiro atoms. The van der Waals surface area contributed by atoms with Gasteiger partial charge in [0.05, 0.1) is 33.0 Å². The van der Waals surface area contributed by atoms with Gasteiger partial charge < -0.3 is 23.7 Å². The second kappa shape index (κ2) is 11.2. The molecule has 184 valence electrons. The van der Waals surface area contributed by atoms with Crippen molar-refractivity contribution in [3.05, 3.63) is 50.1 Å². The van der Waals surface area contributed by atoms with E-state index in [-0.39, 0.29) is 28.8 Å². The van der Waals surface area contributed by atoms with E-state index in [1.807, 2.05) is 24.4 Å². The van der Waals surface area contributed by atoms with Crippen molar-refractivity contribution in [3.63, 3.8) is 0 Å². The molecule has 0 N–H and O–H groups in total. The highest BCUT2D eigenvalue weighted by molar-refractivity contribution is 7.09. The summed E-state index contributed by atoms with van der Waals surface area (Å²) >= 11 is 1.63. The molecule has 34 heavy (non-hydrogen) atoms. The van der Waals surface area contributed by atoms with E-state index in [0.717, 1.165) is 18.0 Å². The van der Waals surface area contributed by atoms with Gasteiger partial charge in [0.15, 0.2) is 0 Å². The number of hydrogen-bond acceptors (Lipinski definition) is 8. The lowest BCUT2D eigenvalue weighted by Crippen LogP contribution is -2.51. The summed E-state index contributed by atoms with van der Waals surface area (Å²) in [5.41, 5.74) is 0.577. The molecule has 0 aliphatic carbocycles. The molecule has 2 aliphatic rings. The minimum atomic E-state index is -0.545. The SMILES string of the molecule is COC(=O)c1c(OCCc2cccs2)cc(=O)n2c1CCN(C(=O)[C@H](C)N1CCOCC1)CC2. The van der Waals surface area contributed by atoms with Crippen LogP contribution in [0.25, 0.3) is 0 Å². The summed E-state index contributed by atoms with van der Waals surface area (Å²) in [5, 5.41) is 2.00. The Balaban J connectivity index is 1.53. The first-order valence-electron chi connectivity index (χ1n) is 11.6. The van der Waals surface area contributed by atoms with Gasteiger partial charge in [-0.15, -0.1) is 11.3 Å². The highest BCUT2D eigenvalue weighted by Gasteiger charge is 2.31. The molecule has 0 radical (unpaired) electrons. The Labute approximate surface area is 202 Å². The number of morpholine rings is 1. The lowest BCUT2D eigenvalue weighted by molar-refractivity contribution is -0.138. The molecule has 2 aromatic heterocycles. The predicted octanol–water partition coefficient (Wildman–Crippen LogP) is 1.42. The summed E-state index contributed by atoms with van der Waals surface area (Å²) in [6.45, 7) is 6.07. The van der Waals surface area contributed by atoms with Crippen LogP contribution in [0.4, 0.5) is 0 Å². The zero-order valence-electron chi connectivity index (χ0n) is 19.7. The van der Waals surface area contributed by atoms with Crippen LogP contribution in [-0.2, 0) is 33.7 Å². The number of hydrogen-bond donors (Lipinski definition) is 0. The number of nitrogens with zero attached hydrogens (tertiary/aromatic N) is 3. The second-order valence-corrected chi connectivity index (χ2v) is 9.42. The monoisotopic (exact) mass is 489 g/mol. The fourth-order valence-electron chi connectivity index (χ4n) is 4.51. The Bertz CT molecular complexity index is 1060. The van der Waals surface area contributed by atoms with Crippen molar-refractivity contribution in [3.8, 4) is 5.75 Å². The van der Waals surface area contributed by atoms with Crippen LogP contribution in [0.2, 0.25) is 0 Å². The van der Waals surface area contributed by atoms with E-state index < -0.39 is 5.97 Å². The largest absolute Gasteiger partial charge is 0.492 e. The van der Waals surface area contributed by atoms with Gasteiger partial charge in [0, 0.05) is 62.2 Å². The van der Waals surface area contributed by atoms with Crippen molar-refractivity contribution >= 4 is 23.2 Å². The van der Waals surface area contributed by atoms with Gasteiger partial charge in [0.2, 0.25) is 5.91 Å². The van der Waals surface area contributed by atoms with Crippen LogP contribution in [0.3, 0.4) is 0 Å². The fraction of sp³-hybridized carbons (Fsp3) is 0.542. The smallest absolute Gasteiger partial charge is 0.343 e. The molecular formula is C24H31N3O6S. The minimum absolute atomic E-state index is 0.0230. The Morgan fingerprint density at radius 2 is 1.97 bits per heavy atom. The molecule has 1 amide bonds. The summed E-state index contributed by atoms with van der Waals surface area (Å²) in [7, 11) is 1.32. The van der Waals surface area contributed by atoms with Crippen LogP contribution in [0.5, 0.6) is 5.75 Å². The lowest BCUT2D eigenvalue weighted by atomic mass is 10.1. The number of fused-ring (bicyclic) bond motifs is 1. The summed E-state index contributed by atoms with van der Waals surface area (Å²) in [6.07, 6.45) is 1.04. The number of ether oxygens (including phenoxy) is 3. The number of aromatic nitrogens is 1. The van der Waals surface area contributed by atoms with Crippen molar-refractivity contribution in [2.75, 3.05) is 53.1 Å². The molecule has 4 heterocycles. The normalized spacial score (nSPS) is 17.5. The number of carbonyl (C=O) groups is 2. The van der Waals surface area contributed by atoms with E-state index in [4.69, 9.17) is 14.2 Å². The zero-order valence-corrected chi connectivity index (χ0v) is 20.5. The van der Waals surface area contributed by atoms with E-state index in [2.05, 4.69) is 4.90 Å². The molecule has 1 atom stereocenters. The van der Waals surface area contributed by atoms with E-state index >= 15 is 0 Å². The van der Waals surface area contributed by atoms with Crippen molar-refractivity contribution in [2.24, 2.45) is 0 Å². The lowest BCUT2D eigenvalue weighted by Gasteiger charge is -2.34. The first-order valence-corrected chi connectivity index (χ1v) is 12.5. The molecule has 4 rings (SSSR count). The van der Waals surface area contributed by atoms with E-state index in [1.54, 1.807) is 20.8 Å². The topological polar surface area (TPSA) is 90.3 Å². The molecule has 0 saturated carbocycles. The first kappa shape index (κ1) is 24.4. The molecule has 0 bridgehead atoms. The maximum atomic E-state index is 13.2. The summed E-state index contributed by atoms with van der Waals surface area (Å²) in [6, 6.07) is 5.09. The maximum absolute atomic E-state index is 13.2.